The van der Waals surface area contributed by atoms with Gasteiger partial charge >= 0.3 is 0 Å². The molecule has 0 heteroatoms. The van der Waals surface area contributed by atoms with E-state index >= 15 is 0 Å². The Balaban J connectivity index is 2.78. The molecular weight excluding hydrogens is 204 g/mol. The Labute approximate surface area is 107 Å². The summed E-state index contributed by atoms with van der Waals surface area (Å²) in [5, 5.41) is 0. The van der Waals surface area contributed by atoms with Crippen LogP contribution in [0.2, 0.25) is 0 Å². The van der Waals surface area contributed by atoms with Gasteiger partial charge in [0.1, 0.15) is 0 Å². The Kier molecular flexibility index (Phi) is 4.41. The van der Waals surface area contributed by atoms with Crippen molar-refractivity contribution in [2.45, 2.75) is 60.8 Å². The smallest absolute Gasteiger partial charge is 0.0227 e. The lowest BCUT2D eigenvalue weighted by Crippen LogP contribution is -2.12. The minimum atomic E-state index is 0.373. The Bertz CT molecular complexity index is 347. The van der Waals surface area contributed by atoms with Gasteiger partial charge in [-0.2, -0.15) is 0 Å². The van der Waals surface area contributed by atoms with Gasteiger partial charge in [0.05, 0.1) is 0 Å². The van der Waals surface area contributed by atoms with Gasteiger partial charge in [0.2, 0.25) is 0 Å². The number of benzene rings is 1. The van der Waals surface area contributed by atoms with Crippen molar-refractivity contribution in [3.63, 3.8) is 0 Å². The van der Waals surface area contributed by atoms with E-state index < -0.39 is 0 Å². The molecule has 0 N–H and O–H groups in total. The molecule has 0 aromatic heterocycles. The van der Waals surface area contributed by atoms with Gasteiger partial charge in [0.15, 0.2) is 0 Å². The average Bonchev–Trinajstić information content (AvgIpc) is 2.12. The van der Waals surface area contributed by atoms with Crippen LogP contribution >= 0.6 is 0 Å². The van der Waals surface area contributed by atoms with E-state index in [1.54, 1.807) is 0 Å². The van der Waals surface area contributed by atoms with Crippen molar-refractivity contribution < 1.29 is 0 Å². The molecule has 0 saturated heterocycles. The van der Waals surface area contributed by atoms with E-state index in [-0.39, 0.29) is 0 Å². The maximum atomic E-state index is 2.32. The molecule has 1 rings (SSSR count). The highest BCUT2D eigenvalue weighted by Gasteiger charge is 2.15. The lowest BCUT2D eigenvalue weighted by Gasteiger charge is -2.22. The van der Waals surface area contributed by atoms with E-state index in [0.717, 1.165) is 0 Å². The van der Waals surface area contributed by atoms with Crippen molar-refractivity contribution in [3.8, 4) is 0 Å². The summed E-state index contributed by atoms with van der Waals surface area (Å²) in [4.78, 5) is 0. The van der Waals surface area contributed by atoms with Gasteiger partial charge in [-0.15, -0.1) is 0 Å². The molecule has 0 amide bonds. The van der Waals surface area contributed by atoms with Crippen LogP contribution in [0.15, 0.2) is 24.3 Å². The summed E-state index contributed by atoms with van der Waals surface area (Å²) in [5.41, 5.74) is 3.87. The first-order valence-electron chi connectivity index (χ1n) is 6.74. The van der Waals surface area contributed by atoms with Gasteiger partial charge in [0, 0.05) is 0 Å². The van der Waals surface area contributed by atoms with Crippen LogP contribution in [0.3, 0.4) is 0 Å². The number of aryl methyl sites for hydroxylation is 1. The quantitative estimate of drug-likeness (QED) is 0.667. The zero-order valence-corrected chi connectivity index (χ0v) is 12.4. The third-order valence-electron chi connectivity index (χ3n) is 2.98. The predicted molar refractivity (Wildman–Crippen MR) is 77.4 cm³/mol. The molecule has 0 atom stereocenters. The maximum absolute atomic E-state index is 2.32. The van der Waals surface area contributed by atoms with Crippen LogP contribution in [0.5, 0.6) is 0 Å². The minimum Gasteiger partial charge on any atom is -0.0620 e. The van der Waals surface area contributed by atoms with Gasteiger partial charge in [-0.1, -0.05) is 65.8 Å². The number of hydrogen-bond acceptors (Lipinski definition) is 0. The van der Waals surface area contributed by atoms with E-state index in [1.165, 1.54) is 30.4 Å². The minimum absolute atomic E-state index is 0.373. The second kappa shape index (κ2) is 5.25. The average molecular weight is 232 g/mol. The fraction of sp³-hybridized carbons (Fsp3) is 0.647. The lowest BCUT2D eigenvalue weighted by atomic mass is 9.83. The predicted octanol–water partition coefficient (Wildman–Crippen LogP) is 5.25. The van der Waals surface area contributed by atoms with Crippen LogP contribution in [0.4, 0.5) is 0 Å². The first kappa shape index (κ1) is 14.3. The summed E-state index contributed by atoms with van der Waals surface area (Å²) >= 11 is 0. The summed E-state index contributed by atoms with van der Waals surface area (Å²) in [6.07, 6.45) is 3.64. The van der Waals surface area contributed by atoms with Gasteiger partial charge in [-0.05, 0) is 41.2 Å². The fourth-order valence-electron chi connectivity index (χ4n) is 2.05. The van der Waals surface area contributed by atoms with E-state index in [0.29, 0.717) is 10.8 Å². The second-order valence-corrected chi connectivity index (χ2v) is 7.57. The third-order valence-corrected chi connectivity index (χ3v) is 2.98. The molecular formula is C17H28. The summed E-state index contributed by atoms with van der Waals surface area (Å²) in [6.45, 7) is 13.9. The van der Waals surface area contributed by atoms with Crippen LogP contribution in [-0.2, 0) is 12.8 Å². The monoisotopic (exact) mass is 232 g/mol. The second-order valence-electron chi connectivity index (χ2n) is 7.57. The molecule has 0 saturated carbocycles. The molecule has 0 spiro atoms. The van der Waals surface area contributed by atoms with Crippen molar-refractivity contribution >= 4 is 0 Å². The highest BCUT2D eigenvalue weighted by Crippen LogP contribution is 2.26. The first-order chi connectivity index (χ1) is 7.67. The zero-order valence-electron chi connectivity index (χ0n) is 12.4. The van der Waals surface area contributed by atoms with E-state index in [9.17, 15) is 0 Å². The topological polar surface area (TPSA) is 0 Å². The largest absolute Gasteiger partial charge is 0.0620 e. The maximum Gasteiger partial charge on any atom is -0.0227 e. The van der Waals surface area contributed by atoms with Crippen LogP contribution in [0, 0.1) is 10.8 Å². The number of rotatable bonds is 3. The normalized spacial score (nSPS) is 12.8. The van der Waals surface area contributed by atoms with Crippen LogP contribution in [0.25, 0.3) is 0 Å². The van der Waals surface area contributed by atoms with E-state index in [1.807, 2.05) is 0 Å². The van der Waals surface area contributed by atoms with Gasteiger partial charge in [-0.3, -0.25) is 0 Å². The highest BCUT2D eigenvalue weighted by molar-refractivity contribution is 5.28. The molecule has 1 aromatic carbocycles. The fourth-order valence-corrected chi connectivity index (χ4v) is 2.05. The van der Waals surface area contributed by atoms with Crippen molar-refractivity contribution in [2.24, 2.45) is 10.8 Å². The van der Waals surface area contributed by atoms with Crippen molar-refractivity contribution in [1.29, 1.82) is 0 Å². The molecule has 0 aliphatic carbocycles. The molecule has 0 aliphatic rings. The zero-order chi connectivity index (χ0) is 13.1. The van der Waals surface area contributed by atoms with Gasteiger partial charge in [-0.25, -0.2) is 0 Å². The van der Waals surface area contributed by atoms with Crippen molar-refractivity contribution in [1.82, 2.24) is 0 Å². The molecule has 0 unspecified atom stereocenters. The highest BCUT2D eigenvalue weighted by atomic mass is 14.2. The molecule has 17 heavy (non-hydrogen) atoms. The standard InChI is InChI=1S/C17H28/c1-16(2,3)12-11-14-9-7-8-10-15(14)13-17(4,5)6/h7-10H,11-13H2,1-6H3. The number of hydrogen-bond donors (Lipinski definition) is 0. The van der Waals surface area contributed by atoms with Crippen LogP contribution in [0.1, 0.15) is 59.1 Å². The van der Waals surface area contributed by atoms with E-state index in [2.05, 4.69) is 65.8 Å². The summed E-state index contributed by atoms with van der Waals surface area (Å²) in [6, 6.07) is 8.93. The summed E-state index contributed by atoms with van der Waals surface area (Å²) < 4.78 is 0. The summed E-state index contributed by atoms with van der Waals surface area (Å²) in [7, 11) is 0. The Morgan fingerprint density at radius 3 is 1.76 bits per heavy atom. The molecule has 0 radical (unpaired) electrons. The Morgan fingerprint density at radius 1 is 0.765 bits per heavy atom. The van der Waals surface area contributed by atoms with Crippen LogP contribution in [-0.4, -0.2) is 0 Å². The Morgan fingerprint density at radius 2 is 1.29 bits per heavy atom. The van der Waals surface area contributed by atoms with Crippen molar-refractivity contribution in [3.05, 3.63) is 35.4 Å². The van der Waals surface area contributed by atoms with Gasteiger partial charge < -0.3 is 0 Å². The van der Waals surface area contributed by atoms with Gasteiger partial charge in [0.25, 0.3) is 0 Å². The first-order valence-corrected chi connectivity index (χ1v) is 6.74. The summed E-state index contributed by atoms with van der Waals surface area (Å²) in [5.74, 6) is 0. The molecule has 96 valence electrons. The SMILES string of the molecule is CC(C)(C)CCc1ccccc1CC(C)(C)C. The molecule has 0 nitrogen and oxygen atoms in total. The molecule has 0 aliphatic heterocycles. The molecule has 0 bridgehead atoms. The third kappa shape index (κ3) is 5.91. The lowest BCUT2D eigenvalue weighted by molar-refractivity contribution is 0.375. The molecule has 1 aromatic rings. The molecule has 0 fully saturated rings. The van der Waals surface area contributed by atoms with Crippen molar-refractivity contribution in [2.75, 3.05) is 0 Å². The van der Waals surface area contributed by atoms with Crippen LogP contribution < -0.4 is 0 Å². The Hall–Kier alpha value is -0.780. The van der Waals surface area contributed by atoms with E-state index in [4.69, 9.17) is 0 Å². The molecule has 0 heterocycles.